The molecule has 138 valence electrons. The highest BCUT2D eigenvalue weighted by molar-refractivity contribution is 5.89. The van der Waals surface area contributed by atoms with Crippen LogP contribution in [0.4, 0.5) is 0 Å². The Kier molecular flexibility index (Phi) is 4.27. The fourth-order valence-electron chi connectivity index (χ4n) is 4.16. The van der Waals surface area contributed by atoms with Crippen LogP contribution in [0.5, 0.6) is 5.75 Å². The first-order valence-electron chi connectivity index (χ1n) is 9.42. The second-order valence-electron chi connectivity index (χ2n) is 8.39. The van der Waals surface area contributed by atoms with Gasteiger partial charge in [-0.3, -0.25) is 0 Å². The van der Waals surface area contributed by atoms with Crippen LogP contribution in [0, 0.1) is 5.41 Å². The van der Waals surface area contributed by atoms with Gasteiger partial charge in [-0.1, -0.05) is 44.2 Å². The van der Waals surface area contributed by atoms with Gasteiger partial charge in [-0.05, 0) is 66.9 Å². The van der Waals surface area contributed by atoms with Gasteiger partial charge in [0.1, 0.15) is 5.75 Å². The van der Waals surface area contributed by atoms with Crippen molar-refractivity contribution in [3.8, 4) is 5.75 Å². The Balaban J connectivity index is 2.06. The lowest BCUT2D eigenvalue weighted by atomic mass is 9.69. The zero-order chi connectivity index (χ0) is 19.2. The Hall–Kier alpha value is -2.65. The van der Waals surface area contributed by atoms with Crippen LogP contribution in [-0.4, -0.2) is 35.6 Å². The molecule has 0 amide bonds. The number of phenols is 1. The van der Waals surface area contributed by atoms with E-state index in [4.69, 9.17) is 4.98 Å². The Morgan fingerprint density at radius 3 is 2.56 bits per heavy atom. The van der Waals surface area contributed by atoms with Crippen molar-refractivity contribution in [2.75, 3.05) is 20.6 Å². The Morgan fingerprint density at radius 2 is 1.81 bits per heavy atom. The van der Waals surface area contributed by atoms with E-state index in [1.165, 1.54) is 16.5 Å². The molecule has 0 radical (unpaired) electrons. The molecule has 1 N–H and O–H groups in total. The number of rotatable bonds is 3. The first-order valence-corrected chi connectivity index (χ1v) is 9.42. The lowest BCUT2D eigenvalue weighted by Crippen LogP contribution is -2.31. The third kappa shape index (κ3) is 3.24. The molecular weight excluding hydrogens is 332 g/mol. The van der Waals surface area contributed by atoms with Crippen molar-refractivity contribution in [1.82, 2.24) is 9.88 Å². The van der Waals surface area contributed by atoms with Crippen LogP contribution in [0.15, 0.2) is 60.2 Å². The smallest absolute Gasteiger partial charge is 0.116 e. The van der Waals surface area contributed by atoms with Gasteiger partial charge in [0.25, 0.3) is 0 Å². The largest absolute Gasteiger partial charge is 0.508 e. The van der Waals surface area contributed by atoms with E-state index in [-0.39, 0.29) is 11.2 Å². The molecule has 3 heteroatoms. The van der Waals surface area contributed by atoms with Gasteiger partial charge in [0.2, 0.25) is 0 Å². The second-order valence-corrected chi connectivity index (χ2v) is 8.39. The molecule has 0 unspecified atom stereocenters. The summed E-state index contributed by atoms with van der Waals surface area (Å²) in [5, 5.41) is 11.3. The summed E-state index contributed by atoms with van der Waals surface area (Å²) in [5.74, 6) is 0.287. The van der Waals surface area contributed by atoms with E-state index < -0.39 is 0 Å². The number of benzene rings is 2. The van der Waals surface area contributed by atoms with Crippen molar-refractivity contribution >= 4 is 16.5 Å². The number of para-hydroxylation sites is 1. The van der Waals surface area contributed by atoms with Crippen LogP contribution in [0.3, 0.4) is 0 Å². The van der Waals surface area contributed by atoms with Gasteiger partial charge in [-0.25, -0.2) is 4.98 Å². The van der Waals surface area contributed by atoms with E-state index in [1.807, 2.05) is 18.2 Å². The fraction of sp³-hybridized carbons (Fsp3) is 0.292. The molecule has 0 bridgehead atoms. The van der Waals surface area contributed by atoms with Crippen LogP contribution in [0.2, 0.25) is 0 Å². The summed E-state index contributed by atoms with van der Waals surface area (Å²) in [4.78, 5) is 7.28. The van der Waals surface area contributed by atoms with Crippen molar-refractivity contribution in [1.29, 1.82) is 0 Å². The SMILES string of the molecule is CN(C)CC1=C(c2cccc(O)c2)c2nc3ccccc3cc2CC1(C)C. The van der Waals surface area contributed by atoms with Gasteiger partial charge < -0.3 is 10.0 Å². The maximum atomic E-state index is 10.1. The average Bonchev–Trinajstić information content (AvgIpc) is 2.60. The molecule has 3 aromatic rings. The molecule has 0 aliphatic heterocycles. The number of fused-ring (bicyclic) bond motifs is 2. The fourth-order valence-corrected chi connectivity index (χ4v) is 4.16. The second kappa shape index (κ2) is 6.50. The quantitative estimate of drug-likeness (QED) is 0.724. The van der Waals surface area contributed by atoms with Crippen LogP contribution in [0.1, 0.15) is 30.7 Å². The van der Waals surface area contributed by atoms with Gasteiger partial charge in [-0.15, -0.1) is 0 Å². The third-order valence-corrected chi connectivity index (χ3v) is 5.40. The summed E-state index contributed by atoms with van der Waals surface area (Å²) in [5.41, 5.74) is 6.92. The molecule has 1 aliphatic carbocycles. The maximum Gasteiger partial charge on any atom is 0.116 e. The van der Waals surface area contributed by atoms with E-state index in [0.717, 1.165) is 35.3 Å². The van der Waals surface area contributed by atoms with Gasteiger partial charge in [-0.2, -0.15) is 0 Å². The number of likely N-dealkylation sites (N-methyl/N-ethyl adjacent to an activating group) is 1. The molecule has 1 heterocycles. The van der Waals surface area contributed by atoms with Crippen LogP contribution in [0.25, 0.3) is 16.5 Å². The highest BCUT2D eigenvalue weighted by Gasteiger charge is 2.35. The predicted octanol–water partition coefficient (Wildman–Crippen LogP) is 4.89. The predicted molar refractivity (Wildman–Crippen MR) is 112 cm³/mol. The van der Waals surface area contributed by atoms with E-state index in [1.54, 1.807) is 6.07 Å². The average molecular weight is 358 g/mol. The number of aromatic nitrogens is 1. The van der Waals surface area contributed by atoms with Gasteiger partial charge in [0, 0.05) is 17.5 Å². The van der Waals surface area contributed by atoms with Crippen molar-refractivity contribution < 1.29 is 5.11 Å². The normalized spacial score (nSPS) is 16.0. The lowest BCUT2D eigenvalue weighted by Gasteiger charge is -2.38. The number of nitrogens with zero attached hydrogens (tertiary/aromatic N) is 2. The molecule has 0 saturated heterocycles. The number of hydrogen-bond donors (Lipinski definition) is 1. The van der Waals surface area contributed by atoms with Gasteiger partial charge in [0.15, 0.2) is 0 Å². The summed E-state index contributed by atoms with van der Waals surface area (Å²) in [6.45, 7) is 5.49. The lowest BCUT2D eigenvalue weighted by molar-refractivity contribution is 0.360. The minimum Gasteiger partial charge on any atom is -0.508 e. The summed E-state index contributed by atoms with van der Waals surface area (Å²) >= 11 is 0. The summed E-state index contributed by atoms with van der Waals surface area (Å²) in [6.07, 6.45) is 0.964. The minimum absolute atomic E-state index is 0.0161. The van der Waals surface area contributed by atoms with E-state index in [0.29, 0.717) is 0 Å². The molecular formula is C24H26N2O. The Bertz CT molecular complexity index is 1050. The van der Waals surface area contributed by atoms with Gasteiger partial charge >= 0.3 is 0 Å². The molecule has 0 fully saturated rings. The zero-order valence-corrected chi connectivity index (χ0v) is 16.5. The highest BCUT2D eigenvalue weighted by atomic mass is 16.3. The van der Waals surface area contributed by atoms with E-state index in [9.17, 15) is 5.11 Å². The van der Waals surface area contributed by atoms with Crippen molar-refractivity contribution in [2.24, 2.45) is 5.41 Å². The summed E-state index contributed by atoms with van der Waals surface area (Å²) in [6, 6.07) is 18.1. The topological polar surface area (TPSA) is 36.4 Å². The monoisotopic (exact) mass is 358 g/mol. The van der Waals surface area contributed by atoms with Crippen molar-refractivity contribution in [2.45, 2.75) is 20.3 Å². The molecule has 0 saturated carbocycles. The van der Waals surface area contributed by atoms with E-state index >= 15 is 0 Å². The van der Waals surface area contributed by atoms with Crippen molar-refractivity contribution in [3.05, 3.63) is 77.0 Å². The Morgan fingerprint density at radius 1 is 1.04 bits per heavy atom. The van der Waals surface area contributed by atoms with Crippen molar-refractivity contribution in [3.63, 3.8) is 0 Å². The third-order valence-electron chi connectivity index (χ3n) is 5.40. The van der Waals surface area contributed by atoms with Crippen LogP contribution < -0.4 is 0 Å². The standard InChI is InChI=1S/C24H26N2O/c1-24(2)14-18-12-16-8-5-6-11-21(16)25-23(18)22(20(24)15-26(3)4)17-9-7-10-19(27)13-17/h5-13,27H,14-15H2,1-4H3. The minimum atomic E-state index is 0.0161. The number of phenolic OH excluding ortho intramolecular Hbond substituents is 1. The van der Waals surface area contributed by atoms with Crippen LogP contribution >= 0.6 is 0 Å². The molecule has 4 rings (SSSR count). The molecule has 0 spiro atoms. The summed E-state index contributed by atoms with van der Waals surface area (Å²) in [7, 11) is 4.21. The molecule has 0 atom stereocenters. The number of aromatic hydroxyl groups is 1. The van der Waals surface area contributed by atoms with Crippen LogP contribution in [-0.2, 0) is 6.42 Å². The zero-order valence-electron chi connectivity index (χ0n) is 16.5. The first kappa shape index (κ1) is 17.7. The van der Waals surface area contributed by atoms with E-state index in [2.05, 4.69) is 63.2 Å². The first-order chi connectivity index (χ1) is 12.8. The maximum absolute atomic E-state index is 10.1. The summed E-state index contributed by atoms with van der Waals surface area (Å²) < 4.78 is 0. The Labute approximate surface area is 161 Å². The molecule has 3 nitrogen and oxygen atoms in total. The highest BCUT2D eigenvalue weighted by Crippen LogP contribution is 2.45. The molecule has 27 heavy (non-hydrogen) atoms. The molecule has 1 aliphatic rings. The number of pyridine rings is 1. The number of hydrogen-bond acceptors (Lipinski definition) is 3. The van der Waals surface area contributed by atoms with Gasteiger partial charge in [0.05, 0.1) is 11.2 Å². The molecule has 2 aromatic carbocycles. The molecule has 1 aromatic heterocycles.